The molecule has 8 heteroatoms. The van der Waals surface area contributed by atoms with Crippen LogP contribution in [0.3, 0.4) is 0 Å². The average Bonchev–Trinajstić information content (AvgIpc) is 2.79. The van der Waals surface area contributed by atoms with Crippen LogP contribution in [-0.2, 0) is 16.6 Å². The monoisotopic (exact) mass is 319 g/mol. The largest absolute Gasteiger partial charge is 0.345 e. The van der Waals surface area contributed by atoms with E-state index in [0.717, 1.165) is 17.9 Å². The van der Waals surface area contributed by atoms with Gasteiger partial charge in [-0.05, 0) is 18.6 Å². The molecule has 0 bridgehead atoms. The number of hydrogen-bond acceptors (Lipinski definition) is 4. The third kappa shape index (κ3) is 4.09. The van der Waals surface area contributed by atoms with Gasteiger partial charge < -0.3 is 4.90 Å². The molecule has 0 radical (unpaired) electrons. The maximum atomic E-state index is 11.5. The van der Waals surface area contributed by atoms with Crippen molar-refractivity contribution >= 4 is 38.6 Å². The smallest absolute Gasteiger partial charge is 0.255 e. The summed E-state index contributed by atoms with van der Waals surface area (Å²) in [7, 11) is -3.35. The quantitative estimate of drug-likeness (QED) is 0.794. The van der Waals surface area contributed by atoms with E-state index in [1.807, 2.05) is 11.0 Å². The van der Waals surface area contributed by atoms with Gasteiger partial charge in [0, 0.05) is 25.0 Å². The lowest BCUT2D eigenvalue weighted by Crippen LogP contribution is -2.25. The molecule has 0 amide bonds. The Labute approximate surface area is 122 Å². The molecule has 0 saturated carbocycles. The molecular formula is C11H14ClN3O2S2. The average molecular weight is 320 g/mol. The summed E-state index contributed by atoms with van der Waals surface area (Å²) in [5.41, 5.74) is 0.980. The first kappa shape index (κ1) is 14.6. The molecule has 5 nitrogen and oxygen atoms in total. The van der Waals surface area contributed by atoms with Crippen LogP contribution in [-0.4, -0.2) is 41.5 Å². The molecule has 104 valence electrons. The van der Waals surface area contributed by atoms with Crippen molar-refractivity contribution in [1.29, 1.82) is 0 Å². The summed E-state index contributed by atoms with van der Waals surface area (Å²) < 4.78 is 26.9. The van der Waals surface area contributed by atoms with Gasteiger partial charge in [0.1, 0.15) is 5.15 Å². The number of sulfonamides is 1. The van der Waals surface area contributed by atoms with Crippen LogP contribution in [0.2, 0.25) is 5.15 Å². The number of thioether (sulfide) groups is 1. The zero-order valence-electron chi connectivity index (χ0n) is 10.4. The van der Waals surface area contributed by atoms with E-state index in [9.17, 15) is 8.42 Å². The normalized spacial score (nSPS) is 18.2. The molecule has 0 spiro atoms. The van der Waals surface area contributed by atoms with Crippen LogP contribution in [0.4, 0.5) is 0 Å². The number of rotatable bonds is 4. The molecule has 1 aromatic rings. The number of amidine groups is 1. The van der Waals surface area contributed by atoms with Gasteiger partial charge in [-0.25, -0.2) is 13.4 Å². The molecule has 19 heavy (non-hydrogen) atoms. The highest BCUT2D eigenvalue weighted by atomic mass is 35.5. The standard InChI is InChI=1S/C11H14ClN3O2S2/c1-2-19(16,17)14-11-15(5-6-18-11)8-9-3-4-10(12)13-7-9/h3-4,7H,2,5-6,8H2,1H3/b14-11+. The van der Waals surface area contributed by atoms with Gasteiger partial charge in [-0.15, -0.1) is 4.40 Å². The SMILES string of the molecule is CCS(=O)(=O)/N=C1/SCCN1Cc1ccc(Cl)nc1. The highest BCUT2D eigenvalue weighted by molar-refractivity contribution is 8.14. The Balaban J connectivity index is 2.13. The minimum absolute atomic E-state index is 0.0212. The summed E-state index contributed by atoms with van der Waals surface area (Å²) in [6, 6.07) is 3.60. The van der Waals surface area contributed by atoms with E-state index >= 15 is 0 Å². The van der Waals surface area contributed by atoms with Crippen molar-refractivity contribution in [2.45, 2.75) is 13.5 Å². The molecule has 1 saturated heterocycles. The number of pyridine rings is 1. The van der Waals surface area contributed by atoms with E-state index in [-0.39, 0.29) is 5.75 Å². The molecule has 1 aromatic heterocycles. The Hall–Kier alpha value is -0.790. The highest BCUT2D eigenvalue weighted by Crippen LogP contribution is 2.21. The predicted octanol–water partition coefficient (Wildman–Crippen LogP) is 1.99. The van der Waals surface area contributed by atoms with Gasteiger partial charge in [0.2, 0.25) is 0 Å². The van der Waals surface area contributed by atoms with Gasteiger partial charge in [-0.3, -0.25) is 0 Å². The van der Waals surface area contributed by atoms with Crippen LogP contribution >= 0.6 is 23.4 Å². The fourth-order valence-corrected chi connectivity index (χ4v) is 3.55. The van der Waals surface area contributed by atoms with Crippen LogP contribution in [0.15, 0.2) is 22.7 Å². The van der Waals surface area contributed by atoms with Gasteiger partial charge in [0.15, 0.2) is 5.17 Å². The molecule has 0 atom stereocenters. The second-order valence-corrected chi connectivity index (χ2v) is 7.38. The summed E-state index contributed by atoms with van der Waals surface area (Å²) in [5.74, 6) is 0.868. The van der Waals surface area contributed by atoms with Crippen LogP contribution < -0.4 is 0 Å². The lowest BCUT2D eigenvalue weighted by molar-refractivity contribution is 0.456. The Morgan fingerprint density at radius 2 is 2.32 bits per heavy atom. The summed E-state index contributed by atoms with van der Waals surface area (Å²) >= 11 is 7.20. The van der Waals surface area contributed by atoms with E-state index in [0.29, 0.717) is 16.9 Å². The second-order valence-electron chi connectivity index (χ2n) is 4.00. The summed E-state index contributed by atoms with van der Waals surface area (Å²) in [6.45, 7) is 2.97. The van der Waals surface area contributed by atoms with Crippen molar-refractivity contribution < 1.29 is 8.42 Å². The lowest BCUT2D eigenvalue weighted by Gasteiger charge is -2.17. The first-order valence-electron chi connectivity index (χ1n) is 5.81. The first-order chi connectivity index (χ1) is 9.00. The molecule has 0 aromatic carbocycles. The van der Waals surface area contributed by atoms with Gasteiger partial charge in [0.25, 0.3) is 10.0 Å². The highest BCUT2D eigenvalue weighted by Gasteiger charge is 2.22. The van der Waals surface area contributed by atoms with E-state index in [1.54, 1.807) is 19.2 Å². The number of aromatic nitrogens is 1. The van der Waals surface area contributed by atoms with Gasteiger partial charge in [-0.2, -0.15) is 0 Å². The third-order valence-corrected chi connectivity index (χ3v) is 5.12. The molecule has 0 aliphatic carbocycles. The van der Waals surface area contributed by atoms with Crippen LogP contribution in [0.5, 0.6) is 0 Å². The zero-order valence-corrected chi connectivity index (χ0v) is 12.8. The van der Waals surface area contributed by atoms with Crippen molar-refractivity contribution in [1.82, 2.24) is 9.88 Å². The maximum Gasteiger partial charge on any atom is 0.255 e. The minimum atomic E-state index is -3.35. The Morgan fingerprint density at radius 3 is 2.95 bits per heavy atom. The fourth-order valence-electron chi connectivity index (χ4n) is 1.57. The van der Waals surface area contributed by atoms with Gasteiger partial charge >= 0.3 is 0 Å². The van der Waals surface area contributed by atoms with Crippen molar-refractivity contribution in [3.05, 3.63) is 29.0 Å². The molecule has 1 aliphatic rings. The van der Waals surface area contributed by atoms with Crippen molar-refractivity contribution in [2.75, 3.05) is 18.1 Å². The van der Waals surface area contributed by atoms with E-state index in [2.05, 4.69) is 9.38 Å². The Kier molecular flexibility index (Phi) is 4.70. The van der Waals surface area contributed by atoms with Crippen molar-refractivity contribution in [2.24, 2.45) is 4.40 Å². The van der Waals surface area contributed by atoms with Crippen molar-refractivity contribution in [3.8, 4) is 0 Å². The minimum Gasteiger partial charge on any atom is -0.345 e. The predicted molar refractivity (Wildman–Crippen MR) is 79.0 cm³/mol. The maximum absolute atomic E-state index is 11.5. The van der Waals surface area contributed by atoms with E-state index in [4.69, 9.17) is 11.6 Å². The zero-order chi connectivity index (χ0) is 13.9. The Morgan fingerprint density at radius 1 is 1.53 bits per heavy atom. The van der Waals surface area contributed by atoms with Crippen molar-refractivity contribution in [3.63, 3.8) is 0 Å². The molecule has 1 fully saturated rings. The summed E-state index contributed by atoms with van der Waals surface area (Å²) in [4.78, 5) is 5.96. The van der Waals surface area contributed by atoms with Crippen LogP contribution in [0.1, 0.15) is 12.5 Å². The van der Waals surface area contributed by atoms with Crippen LogP contribution in [0, 0.1) is 0 Å². The second kappa shape index (κ2) is 6.11. The van der Waals surface area contributed by atoms with Crippen LogP contribution in [0.25, 0.3) is 0 Å². The summed E-state index contributed by atoms with van der Waals surface area (Å²) in [6.07, 6.45) is 1.69. The molecule has 0 unspecified atom stereocenters. The first-order valence-corrected chi connectivity index (χ1v) is 8.78. The molecule has 1 aliphatic heterocycles. The van der Waals surface area contributed by atoms with Gasteiger partial charge in [0.05, 0.1) is 5.75 Å². The molecule has 0 N–H and O–H groups in total. The molecular weight excluding hydrogens is 306 g/mol. The molecule has 2 rings (SSSR count). The summed E-state index contributed by atoms with van der Waals surface area (Å²) in [5, 5.41) is 1.01. The third-order valence-electron chi connectivity index (χ3n) is 2.61. The fraction of sp³-hybridized carbons (Fsp3) is 0.455. The number of hydrogen-bond donors (Lipinski definition) is 0. The Bertz CT molecular complexity index is 572. The number of nitrogens with zero attached hydrogens (tertiary/aromatic N) is 3. The van der Waals surface area contributed by atoms with Gasteiger partial charge in [-0.1, -0.05) is 29.4 Å². The van der Waals surface area contributed by atoms with E-state index < -0.39 is 10.0 Å². The molecule has 2 heterocycles. The number of halogens is 1. The topological polar surface area (TPSA) is 62.6 Å². The lowest BCUT2D eigenvalue weighted by atomic mass is 10.3. The van der Waals surface area contributed by atoms with E-state index in [1.165, 1.54) is 11.8 Å².